The van der Waals surface area contributed by atoms with Gasteiger partial charge >= 0.3 is 0 Å². The molecule has 0 rings (SSSR count). The van der Waals surface area contributed by atoms with Crippen LogP contribution < -0.4 is 0 Å². The Labute approximate surface area is 116 Å². The van der Waals surface area contributed by atoms with Crippen molar-refractivity contribution in [1.29, 1.82) is 0 Å². The lowest BCUT2D eigenvalue weighted by atomic mass is 10.1. The third-order valence-electron chi connectivity index (χ3n) is 2.78. The zero-order chi connectivity index (χ0) is 15.7. The molecule has 116 valence electrons. The van der Waals surface area contributed by atoms with Gasteiger partial charge in [0.05, 0.1) is 0 Å². The van der Waals surface area contributed by atoms with Crippen LogP contribution >= 0.6 is 0 Å². The standard InChI is InChI=1S/C10H20N4O6/c1-3-5-9(7-11(15)16)13(19)14(20)10(6-4-2)8-12(17)18/h9-10H,3-8H2,1-2H3/b14-13+. The van der Waals surface area contributed by atoms with Crippen molar-refractivity contribution in [2.45, 2.75) is 51.6 Å². The van der Waals surface area contributed by atoms with Crippen molar-refractivity contribution in [3.63, 3.8) is 0 Å². The average Bonchev–Trinajstić information content (AvgIpc) is 2.35. The first-order valence-corrected chi connectivity index (χ1v) is 6.49. The van der Waals surface area contributed by atoms with Crippen LogP contribution in [0.3, 0.4) is 0 Å². The molecule has 0 fully saturated rings. The highest BCUT2D eigenvalue weighted by atomic mass is 16.6. The van der Waals surface area contributed by atoms with Crippen LogP contribution in [0.25, 0.3) is 0 Å². The molecule has 0 saturated heterocycles. The Bertz CT molecular complexity index is 339. The molecule has 0 amide bonds. The third kappa shape index (κ3) is 6.25. The molecule has 20 heavy (non-hydrogen) atoms. The second-order valence-corrected chi connectivity index (χ2v) is 4.52. The highest BCUT2D eigenvalue weighted by Crippen LogP contribution is 2.07. The Morgan fingerprint density at radius 2 is 1.05 bits per heavy atom. The molecule has 10 heteroatoms. The fraction of sp³-hybridized carbons (Fsp3) is 1.00. The van der Waals surface area contributed by atoms with Crippen LogP contribution in [0.1, 0.15) is 39.5 Å². The van der Waals surface area contributed by atoms with Gasteiger partial charge in [0.1, 0.15) is 0 Å². The summed E-state index contributed by atoms with van der Waals surface area (Å²) in [6.07, 6.45) is 1.36. The molecule has 0 heterocycles. The van der Waals surface area contributed by atoms with Crippen molar-refractivity contribution in [2.24, 2.45) is 0 Å². The third-order valence-corrected chi connectivity index (χ3v) is 2.78. The smallest absolute Gasteiger partial charge is 0.292 e. The maximum atomic E-state index is 11.9. The lowest BCUT2D eigenvalue weighted by Crippen LogP contribution is -2.40. The van der Waals surface area contributed by atoms with E-state index < -0.39 is 35.0 Å². The summed E-state index contributed by atoms with van der Waals surface area (Å²) in [6.45, 7) is 2.15. The summed E-state index contributed by atoms with van der Waals surface area (Å²) in [5, 5.41) is 44.7. The second-order valence-electron chi connectivity index (χ2n) is 4.52. The molecule has 0 aliphatic heterocycles. The summed E-state index contributed by atoms with van der Waals surface area (Å²) in [4.78, 5) is 19.6. The van der Waals surface area contributed by atoms with E-state index in [9.17, 15) is 30.6 Å². The van der Waals surface area contributed by atoms with Crippen LogP contribution in [0.5, 0.6) is 0 Å². The number of hydrogen-bond acceptors (Lipinski definition) is 6. The van der Waals surface area contributed by atoms with Crippen molar-refractivity contribution in [1.82, 2.24) is 0 Å². The molecule has 0 spiro atoms. The summed E-state index contributed by atoms with van der Waals surface area (Å²) in [5.41, 5.74) is 0. The molecule has 2 unspecified atom stereocenters. The molecule has 0 saturated carbocycles. The molecular formula is C10H20N4O6. The Morgan fingerprint density at radius 3 is 1.25 bits per heavy atom. The van der Waals surface area contributed by atoms with E-state index in [-0.39, 0.29) is 22.6 Å². The summed E-state index contributed by atoms with van der Waals surface area (Å²) in [6, 6.07) is -2.20. The van der Waals surface area contributed by atoms with Crippen LogP contribution in [-0.4, -0.2) is 44.7 Å². The normalized spacial score (nSPS) is 15.3. The van der Waals surface area contributed by atoms with Crippen molar-refractivity contribution < 1.29 is 19.6 Å². The monoisotopic (exact) mass is 292 g/mol. The van der Waals surface area contributed by atoms with Gasteiger partial charge in [-0.25, -0.2) is 0 Å². The number of azo groups is 1. The van der Waals surface area contributed by atoms with Crippen molar-refractivity contribution in [2.75, 3.05) is 13.1 Å². The Hall–Kier alpha value is -2.00. The molecule has 0 aliphatic rings. The van der Waals surface area contributed by atoms with Gasteiger partial charge in [0.25, 0.3) is 25.2 Å². The van der Waals surface area contributed by atoms with E-state index in [0.29, 0.717) is 12.8 Å². The summed E-state index contributed by atoms with van der Waals surface area (Å²) in [7, 11) is 0. The van der Waals surface area contributed by atoms with Crippen molar-refractivity contribution in [3.05, 3.63) is 30.6 Å². The number of rotatable bonds is 10. The van der Waals surface area contributed by atoms with Crippen molar-refractivity contribution >= 4 is 0 Å². The lowest BCUT2D eigenvalue weighted by Gasteiger charge is -2.14. The van der Waals surface area contributed by atoms with Gasteiger partial charge in [0, 0.05) is 32.4 Å². The van der Waals surface area contributed by atoms with Crippen LogP contribution in [0.2, 0.25) is 0 Å². The molecule has 0 aromatic rings. The molecule has 0 aliphatic carbocycles. The molecular weight excluding hydrogens is 272 g/mol. The topological polar surface area (TPSA) is 138 Å². The minimum atomic E-state index is -1.10. The quantitative estimate of drug-likeness (QED) is 0.258. The fourth-order valence-corrected chi connectivity index (χ4v) is 1.88. The van der Waals surface area contributed by atoms with E-state index in [1.165, 1.54) is 0 Å². The fourth-order valence-electron chi connectivity index (χ4n) is 1.88. The van der Waals surface area contributed by atoms with E-state index in [0.717, 1.165) is 0 Å². The first-order valence-electron chi connectivity index (χ1n) is 6.49. The van der Waals surface area contributed by atoms with Crippen molar-refractivity contribution in [3.8, 4) is 0 Å². The molecule has 0 aromatic carbocycles. The summed E-state index contributed by atoms with van der Waals surface area (Å²) in [5.74, 6) is 0. The van der Waals surface area contributed by atoms with Gasteiger partial charge in [-0.05, 0) is 12.8 Å². The van der Waals surface area contributed by atoms with E-state index >= 15 is 0 Å². The predicted molar refractivity (Wildman–Crippen MR) is 68.4 cm³/mol. The number of hydrogen-bond donors (Lipinski definition) is 0. The largest absolute Gasteiger partial charge is 0.567 e. The summed E-state index contributed by atoms with van der Waals surface area (Å²) < 4.78 is 0. The SMILES string of the molecule is CCCC(C[N+](=O)[O-])/[N+]([O-])=[N+](\[O-])C(CCC)C[N+](=O)[O-]. The van der Waals surface area contributed by atoms with Crippen LogP contribution in [0.15, 0.2) is 0 Å². The number of hydroxylamine groups is 2. The molecule has 2 atom stereocenters. The number of nitro groups is 2. The predicted octanol–water partition coefficient (Wildman–Crippen LogP) is 1.35. The van der Waals surface area contributed by atoms with E-state index in [1.807, 2.05) is 0 Å². The Balaban J connectivity index is 5.18. The van der Waals surface area contributed by atoms with Gasteiger partial charge in [0.2, 0.25) is 0 Å². The zero-order valence-electron chi connectivity index (χ0n) is 11.6. The minimum absolute atomic E-state index is 0.0177. The van der Waals surface area contributed by atoms with Crippen LogP contribution in [-0.2, 0) is 0 Å². The Morgan fingerprint density at radius 1 is 0.750 bits per heavy atom. The van der Waals surface area contributed by atoms with Gasteiger partial charge < -0.3 is 10.4 Å². The highest BCUT2D eigenvalue weighted by Gasteiger charge is 2.34. The summed E-state index contributed by atoms with van der Waals surface area (Å²) >= 11 is 0. The van der Waals surface area contributed by atoms with E-state index in [4.69, 9.17) is 0 Å². The Kier molecular flexibility index (Phi) is 8.09. The number of nitrogens with zero attached hydrogens (tertiary/aromatic N) is 4. The van der Waals surface area contributed by atoms with Crippen LogP contribution in [0.4, 0.5) is 0 Å². The maximum absolute atomic E-state index is 11.9. The molecule has 0 N–H and O–H groups in total. The first-order chi connectivity index (χ1) is 9.33. The first kappa shape index (κ1) is 18.0. The maximum Gasteiger partial charge on any atom is 0.292 e. The van der Waals surface area contributed by atoms with Gasteiger partial charge in [-0.2, -0.15) is 0 Å². The van der Waals surface area contributed by atoms with Gasteiger partial charge in [-0.1, -0.05) is 13.8 Å². The molecule has 10 nitrogen and oxygen atoms in total. The molecule has 0 radical (unpaired) electrons. The lowest BCUT2D eigenvalue weighted by molar-refractivity contribution is -1.00. The zero-order valence-corrected chi connectivity index (χ0v) is 11.6. The molecule has 0 aromatic heterocycles. The minimum Gasteiger partial charge on any atom is -0.567 e. The molecule has 0 bridgehead atoms. The average molecular weight is 292 g/mol. The van der Waals surface area contributed by atoms with Crippen LogP contribution in [0, 0.1) is 30.6 Å². The highest BCUT2D eigenvalue weighted by molar-refractivity contribution is 4.54. The second kappa shape index (κ2) is 8.99. The van der Waals surface area contributed by atoms with Gasteiger partial charge in [-0.15, -0.1) is 0 Å². The van der Waals surface area contributed by atoms with Gasteiger partial charge in [0.15, 0.2) is 0 Å². The van der Waals surface area contributed by atoms with Gasteiger partial charge in [-0.3, -0.25) is 20.2 Å². The van der Waals surface area contributed by atoms with E-state index in [2.05, 4.69) is 0 Å². The van der Waals surface area contributed by atoms with E-state index in [1.54, 1.807) is 13.8 Å².